The molecule has 4 nitrogen and oxygen atoms in total. The first kappa shape index (κ1) is 14.9. The third kappa shape index (κ3) is 4.53. The lowest BCUT2D eigenvalue weighted by Crippen LogP contribution is -2.37. The number of nitrogen functional groups attached to an aromatic ring is 1. The van der Waals surface area contributed by atoms with Crippen molar-refractivity contribution in [1.29, 1.82) is 0 Å². The Morgan fingerprint density at radius 2 is 2.10 bits per heavy atom. The molecule has 1 unspecified atom stereocenters. The summed E-state index contributed by atoms with van der Waals surface area (Å²) in [5.41, 5.74) is 7.27. The van der Waals surface area contributed by atoms with Gasteiger partial charge in [0, 0.05) is 11.7 Å². The lowest BCUT2D eigenvalue weighted by molar-refractivity contribution is -0.143. The number of anilines is 1. The Labute approximate surface area is 120 Å². The first-order chi connectivity index (χ1) is 9.65. The molecule has 0 radical (unpaired) electrons. The molecule has 0 spiro atoms. The van der Waals surface area contributed by atoms with E-state index in [9.17, 15) is 4.79 Å². The Kier molecular flexibility index (Phi) is 5.41. The van der Waals surface area contributed by atoms with E-state index in [4.69, 9.17) is 10.5 Å². The number of carbonyl (C=O) groups excluding carboxylic acids is 1. The molecule has 1 aromatic rings. The van der Waals surface area contributed by atoms with Crippen molar-refractivity contribution in [2.24, 2.45) is 0 Å². The predicted molar refractivity (Wildman–Crippen MR) is 80.4 cm³/mol. The molecule has 1 aliphatic heterocycles. The summed E-state index contributed by atoms with van der Waals surface area (Å²) in [6.45, 7) is 1.67. The summed E-state index contributed by atoms with van der Waals surface area (Å²) < 4.78 is 5.33. The quantitative estimate of drug-likeness (QED) is 0.662. The van der Waals surface area contributed by atoms with Crippen LogP contribution in [0.15, 0.2) is 24.3 Å². The van der Waals surface area contributed by atoms with Gasteiger partial charge in [0.15, 0.2) is 0 Å². The van der Waals surface area contributed by atoms with Crippen LogP contribution >= 0.6 is 0 Å². The van der Waals surface area contributed by atoms with Gasteiger partial charge in [-0.2, -0.15) is 0 Å². The second kappa shape index (κ2) is 7.29. The summed E-state index contributed by atoms with van der Waals surface area (Å²) in [6, 6.07) is 7.91. The predicted octanol–water partition coefficient (Wildman–Crippen LogP) is 2.23. The Bertz CT molecular complexity index is 431. The van der Waals surface area contributed by atoms with E-state index in [1.165, 1.54) is 19.3 Å². The Balaban J connectivity index is 1.68. The van der Waals surface area contributed by atoms with Gasteiger partial charge in [-0.15, -0.1) is 0 Å². The molecule has 110 valence electrons. The number of carbonyl (C=O) groups is 1. The van der Waals surface area contributed by atoms with Crippen LogP contribution in [0.4, 0.5) is 5.69 Å². The van der Waals surface area contributed by atoms with Crippen molar-refractivity contribution in [1.82, 2.24) is 4.90 Å². The number of nitrogens with two attached hydrogens (primary N) is 1. The molecule has 1 saturated heterocycles. The van der Waals surface area contributed by atoms with Gasteiger partial charge in [0.05, 0.1) is 13.0 Å². The number of ether oxygens (including phenoxy) is 1. The lowest BCUT2D eigenvalue weighted by atomic mass is 10.0. The molecule has 4 heteroatoms. The van der Waals surface area contributed by atoms with E-state index in [0.717, 1.165) is 18.5 Å². The van der Waals surface area contributed by atoms with Gasteiger partial charge in [-0.1, -0.05) is 18.6 Å². The van der Waals surface area contributed by atoms with Gasteiger partial charge >= 0.3 is 5.97 Å². The van der Waals surface area contributed by atoms with Crippen LogP contribution in [-0.2, 0) is 16.0 Å². The van der Waals surface area contributed by atoms with Crippen molar-refractivity contribution in [3.63, 3.8) is 0 Å². The Morgan fingerprint density at radius 1 is 1.35 bits per heavy atom. The van der Waals surface area contributed by atoms with E-state index in [-0.39, 0.29) is 5.97 Å². The average Bonchev–Trinajstić information content (AvgIpc) is 2.43. The number of piperidine rings is 1. The van der Waals surface area contributed by atoms with E-state index in [2.05, 4.69) is 11.9 Å². The van der Waals surface area contributed by atoms with E-state index >= 15 is 0 Å². The number of likely N-dealkylation sites (tertiary alicyclic amines) is 1. The smallest absolute Gasteiger partial charge is 0.310 e. The number of esters is 1. The molecular formula is C16H24N2O2. The maximum atomic E-state index is 11.8. The van der Waals surface area contributed by atoms with Gasteiger partial charge in [-0.05, 0) is 50.6 Å². The van der Waals surface area contributed by atoms with Gasteiger partial charge in [0.1, 0.15) is 0 Å². The fourth-order valence-corrected chi connectivity index (χ4v) is 2.67. The summed E-state index contributed by atoms with van der Waals surface area (Å²) >= 11 is 0. The van der Waals surface area contributed by atoms with Crippen LogP contribution in [0.5, 0.6) is 0 Å². The van der Waals surface area contributed by atoms with Gasteiger partial charge in [-0.25, -0.2) is 0 Å². The highest BCUT2D eigenvalue weighted by Crippen LogP contribution is 2.17. The summed E-state index contributed by atoms with van der Waals surface area (Å²) in [6.07, 6.45) is 5.04. The summed E-state index contributed by atoms with van der Waals surface area (Å²) in [7, 11) is 2.15. The normalized spacial score (nSPS) is 19.8. The van der Waals surface area contributed by atoms with E-state index in [1.807, 2.05) is 12.1 Å². The molecule has 0 aromatic heterocycles. The SMILES string of the molecule is CN1CCCCC1CCOC(=O)Cc1ccc(N)cc1. The highest BCUT2D eigenvalue weighted by atomic mass is 16.5. The Morgan fingerprint density at radius 3 is 2.80 bits per heavy atom. The third-order valence-electron chi connectivity index (χ3n) is 3.96. The molecule has 1 aromatic carbocycles. The molecule has 1 aliphatic rings. The summed E-state index contributed by atoms with van der Waals surface area (Å²) in [5, 5.41) is 0. The zero-order valence-electron chi connectivity index (χ0n) is 12.2. The van der Waals surface area contributed by atoms with Crippen molar-refractivity contribution in [3.8, 4) is 0 Å². The van der Waals surface area contributed by atoms with Crippen LogP contribution in [0.1, 0.15) is 31.2 Å². The number of rotatable bonds is 5. The molecule has 0 saturated carbocycles. The third-order valence-corrected chi connectivity index (χ3v) is 3.96. The second-order valence-electron chi connectivity index (χ2n) is 5.56. The molecule has 1 atom stereocenters. The van der Waals surface area contributed by atoms with Crippen LogP contribution in [0.25, 0.3) is 0 Å². The minimum Gasteiger partial charge on any atom is -0.465 e. The number of nitrogens with zero attached hydrogens (tertiary/aromatic N) is 1. The van der Waals surface area contributed by atoms with Gasteiger partial charge in [-0.3, -0.25) is 4.79 Å². The summed E-state index contributed by atoms with van der Waals surface area (Å²) in [5.74, 6) is -0.159. The molecule has 2 rings (SSSR count). The van der Waals surface area contributed by atoms with Crippen LogP contribution < -0.4 is 5.73 Å². The maximum absolute atomic E-state index is 11.8. The zero-order valence-corrected chi connectivity index (χ0v) is 12.2. The standard InChI is InChI=1S/C16H24N2O2/c1-18-10-3-2-4-15(18)9-11-20-16(19)12-13-5-7-14(17)8-6-13/h5-8,15H,2-4,9-12,17H2,1H3. The molecular weight excluding hydrogens is 252 g/mol. The van der Waals surface area contributed by atoms with Crippen molar-refractivity contribution in [2.45, 2.75) is 38.1 Å². The van der Waals surface area contributed by atoms with Gasteiger partial charge in [0.25, 0.3) is 0 Å². The number of hydrogen-bond acceptors (Lipinski definition) is 4. The molecule has 2 N–H and O–H groups in total. The van der Waals surface area contributed by atoms with Crippen molar-refractivity contribution in [3.05, 3.63) is 29.8 Å². The van der Waals surface area contributed by atoms with E-state index in [0.29, 0.717) is 24.8 Å². The number of benzene rings is 1. The first-order valence-electron chi connectivity index (χ1n) is 7.35. The van der Waals surface area contributed by atoms with E-state index in [1.54, 1.807) is 12.1 Å². The van der Waals surface area contributed by atoms with Gasteiger partial charge < -0.3 is 15.4 Å². The first-order valence-corrected chi connectivity index (χ1v) is 7.35. The lowest BCUT2D eigenvalue weighted by Gasteiger charge is -2.32. The highest BCUT2D eigenvalue weighted by Gasteiger charge is 2.18. The molecule has 1 heterocycles. The monoisotopic (exact) mass is 276 g/mol. The molecule has 0 aliphatic carbocycles. The van der Waals surface area contributed by atoms with Crippen molar-refractivity contribution in [2.75, 3.05) is 25.9 Å². The summed E-state index contributed by atoms with van der Waals surface area (Å²) in [4.78, 5) is 14.1. The van der Waals surface area contributed by atoms with Crippen LogP contribution in [-0.4, -0.2) is 37.1 Å². The van der Waals surface area contributed by atoms with Crippen molar-refractivity contribution >= 4 is 11.7 Å². The van der Waals surface area contributed by atoms with Gasteiger partial charge in [0.2, 0.25) is 0 Å². The molecule has 1 fully saturated rings. The fourth-order valence-electron chi connectivity index (χ4n) is 2.67. The Hall–Kier alpha value is -1.55. The van der Waals surface area contributed by atoms with Crippen LogP contribution in [0.3, 0.4) is 0 Å². The zero-order chi connectivity index (χ0) is 14.4. The number of hydrogen-bond donors (Lipinski definition) is 1. The highest BCUT2D eigenvalue weighted by molar-refractivity contribution is 5.72. The average molecular weight is 276 g/mol. The molecule has 0 amide bonds. The second-order valence-corrected chi connectivity index (χ2v) is 5.56. The van der Waals surface area contributed by atoms with Crippen LogP contribution in [0, 0.1) is 0 Å². The van der Waals surface area contributed by atoms with Crippen LogP contribution in [0.2, 0.25) is 0 Å². The maximum Gasteiger partial charge on any atom is 0.310 e. The largest absolute Gasteiger partial charge is 0.465 e. The minimum absolute atomic E-state index is 0.159. The van der Waals surface area contributed by atoms with E-state index < -0.39 is 0 Å². The topological polar surface area (TPSA) is 55.6 Å². The molecule has 20 heavy (non-hydrogen) atoms. The molecule has 0 bridgehead atoms. The van der Waals surface area contributed by atoms with Crippen molar-refractivity contribution < 1.29 is 9.53 Å². The minimum atomic E-state index is -0.159. The fraction of sp³-hybridized carbons (Fsp3) is 0.562.